The first kappa shape index (κ1) is 16.3. The molecular weight excluding hydrogens is 288 g/mol. The van der Waals surface area contributed by atoms with Gasteiger partial charge in [-0.2, -0.15) is 5.10 Å². The van der Waals surface area contributed by atoms with Crippen molar-refractivity contribution in [3.63, 3.8) is 0 Å². The molecule has 0 aliphatic carbocycles. The highest BCUT2D eigenvalue weighted by atomic mass is 35.5. The van der Waals surface area contributed by atoms with Gasteiger partial charge >= 0.3 is 0 Å². The van der Waals surface area contributed by atoms with Crippen molar-refractivity contribution in [3.05, 3.63) is 21.6 Å². The Morgan fingerprint density at radius 1 is 1.52 bits per heavy atom. The largest absolute Gasteiger partial charge is 0.379 e. The summed E-state index contributed by atoms with van der Waals surface area (Å²) in [5, 5.41) is 7.89. The van der Waals surface area contributed by atoms with Crippen molar-refractivity contribution >= 4 is 17.3 Å². The van der Waals surface area contributed by atoms with Gasteiger partial charge in [-0.1, -0.05) is 31.9 Å². The minimum atomic E-state index is -0.198. The molecule has 1 aromatic heterocycles. The molecule has 0 radical (unpaired) electrons. The minimum absolute atomic E-state index is 0.198. The number of aromatic nitrogens is 2. The van der Waals surface area contributed by atoms with Crippen LogP contribution >= 0.6 is 11.6 Å². The van der Waals surface area contributed by atoms with Gasteiger partial charge in [-0.3, -0.25) is 4.79 Å². The zero-order valence-electron chi connectivity index (χ0n) is 13.1. The maximum atomic E-state index is 12.2. The third kappa shape index (κ3) is 3.98. The number of rotatable bonds is 5. The molecule has 0 amide bonds. The van der Waals surface area contributed by atoms with Crippen LogP contribution in [0.3, 0.4) is 0 Å². The lowest BCUT2D eigenvalue weighted by molar-refractivity contribution is 0.206. The average molecular weight is 313 g/mol. The second kappa shape index (κ2) is 7.27. The van der Waals surface area contributed by atoms with Crippen LogP contribution in [0.1, 0.15) is 33.1 Å². The first-order chi connectivity index (χ1) is 10.0. The van der Waals surface area contributed by atoms with E-state index in [0.29, 0.717) is 24.2 Å². The molecule has 21 heavy (non-hydrogen) atoms. The molecule has 0 aromatic carbocycles. The fourth-order valence-electron chi connectivity index (χ4n) is 2.80. The van der Waals surface area contributed by atoms with Crippen LogP contribution in [0, 0.1) is 5.92 Å². The van der Waals surface area contributed by atoms with Gasteiger partial charge in [-0.25, -0.2) is 4.68 Å². The Morgan fingerprint density at radius 2 is 2.29 bits per heavy atom. The number of aryl methyl sites for hydroxylation is 1. The fraction of sp³-hybridized carbons (Fsp3) is 0.733. The van der Waals surface area contributed by atoms with Crippen LogP contribution in [0.25, 0.3) is 0 Å². The standard InChI is InChI=1S/C15H25ClN4O/c1-4-5-7-20-15(21)14(16)13(9-17-20)18-12-6-8-19(3)10-11(12)2/h9,11-12,18H,4-8,10H2,1-3H3. The van der Waals surface area contributed by atoms with Gasteiger partial charge < -0.3 is 10.2 Å². The molecule has 118 valence electrons. The van der Waals surface area contributed by atoms with E-state index < -0.39 is 0 Å². The van der Waals surface area contributed by atoms with Gasteiger partial charge in [0.2, 0.25) is 0 Å². The molecule has 1 aliphatic rings. The number of hydrogen-bond donors (Lipinski definition) is 1. The highest BCUT2D eigenvalue weighted by molar-refractivity contribution is 6.32. The van der Waals surface area contributed by atoms with Crippen molar-refractivity contribution < 1.29 is 0 Å². The molecule has 2 atom stereocenters. The Bertz CT molecular complexity index is 531. The lowest BCUT2D eigenvalue weighted by atomic mass is 9.94. The van der Waals surface area contributed by atoms with Crippen molar-refractivity contribution in [1.82, 2.24) is 14.7 Å². The van der Waals surface area contributed by atoms with Crippen LogP contribution in [0.5, 0.6) is 0 Å². The second-order valence-corrected chi connectivity index (χ2v) is 6.41. The second-order valence-electron chi connectivity index (χ2n) is 6.03. The molecule has 6 heteroatoms. The summed E-state index contributed by atoms with van der Waals surface area (Å²) in [5.74, 6) is 0.516. The summed E-state index contributed by atoms with van der Waals surface area (Å²) in [6.07, 6.45) is 4.69. The van der Waals surface area contributed by atoms with E-state index in [9.17, 15) is 4.79 Å². The number of nitrogens with zero attached hydrogens (tertiary/aromatic N) is 3. The van der Waals surface area contributed by atoms with E-state index in [2.05, 4.69) is 36.2 Å². The number of anilines is 1. The van der Waals surface area contributed by atoms with Gasteiger partial charge in [0.1, 0.15) is 5.02 Å². The number of nitrogens with one attached hydrogen (secondary N) is 1. The van der Waals surface area contributed by atoms with Crippen molar-refractivity contribution in [2.75, 3.05) is 25.5 Å². The van der Waals surface area contributed by atoms with Gasteiger partial charge in [0, 0.05) is 19.1 Å². The predicted molar refractivity (Wildman–Crippen MR) is 87.1 cm³/mol. The number of piperidine rings is 1. The predicted octanol–water partition coefficient (Wildman–Crippen LogP) is 2.45. The SMILES string of the molecule is CCCCn1ncc(NC2CCN(C)CC2C)c(Cl)c1=O. The van der Waals surface area contributed by atoms with Gasteiger partial charge in [0.15, 0.2) is 0 Å². The Balaban J connectivity index is 2.10. The van der Waals surface area contributed by atoms with E-state index in [4.69, 9.17) is 11.6 Å². The van der Waals surface area contributed by atoms with Gasteiger partial charge in [-0.15, -0.1) is 0 Å². The number of unbranched alkanes of at least 4 members (excludes halogenated alkanes) is 1. The molecule has 1 aromatic rings. The van der Waals surface area contributed by atoms with Gasteiger partial charge in [0.25, 0.3) is 5.56 Å². The van der Waals surface area contributed by atoms with Crippen molar-refractivity contribution in [3.8, 4) is 0 Å². The van der Waals surface area contributed by atoms with E-state index in [-0.39, 0.29) is 10.6 Å². The van der Waals surface area contributed by atoms with Gasteiger partial charge in [0.05, 0.1) is 11.9 Å². The summed E-state index contributed by atoms with van der Waals surface area (Å²) in [7, 11) is 2.14. The van der Waals surface area contributed by atoms with Crippen LogP contribution in [-0.4, -0.2) is 40.9 Å². The van der Waals surface area contributed by atoms with Crippen LogP contribution in [0.2, 0.25) is 5.02 Å². The highest BCUT2D eigenvalue weighted by Gasteiger charge is 2.25. The monoisotopic (exact) mass is 312 g/mol. The summed E-state index contributed by atoms with van der Waals surface area (Å²) in [6, 6.07) is 0.339. The molecule has 2 rings (SSSR count). The van der Waals surface area contributed by atoms with Gasteiger partial charge in [-0.05, 0) is 32.4 Å². The van der Waals surface area contributed by atoms with Crippen LogP contribution in [0.4, 0.5) is 5.69 Å². The molecule has 0 saturated carbocycles. The minimum Gasteiger partial charge on any atom is -0.379 e. The quantitative estimate of drug-likeness (QED) is 0.907. The Morgan fingerprint density at radius 3 is 2.95 bits per heavy atom. The van der Waals surface area contributed by atoms with Crippen LogP contribution in [0.15, 0.2) is 11.0 Å². The molecule has 1 N–H and O–H groups in total. The van der Waals surface area contributed by atoms with Crippen molar-refractivity contribution in [2.24, 2.45) is 5.92 Å². The fourth-order valence-corrected chi connectivity index (χ4v) is 3.00. The summed E-state index contributed by atoms with van der Waals surface area (Å²) in [5.41, 5.74) is 0.464. The molecule has 2 unspecified atom stereocenters. The molecule has 5 nitrogen and oxygen atoms in total. The number of halogens is 1. The van der Waals surface area contributed by atoms with Crippen molar-refractivity contribution in [1.29, 1.82) is 0 Å². The summed E-state index contributed by atoms with van der Waals surface area (Å²) >= 11 is 6.23. The Kier molecular flexibility index (Phi) is 5.65. The van der Waals surface area contributed by atoms with E-state index in [0.717, 1.165) is 32.4 Å². The summed E-state index contributed by atoms with van der Waals surface area (Å²) in [6.45, 7) is 7.04. The third-order valence-electron chi connectivity index (χ3n) is 4.16. The lowest BCUT2D eigenvalue weighted by Crippen LogP contribution is -2.43. The first-order valence-corrected chi connectivity index (χ1v) is 8.11. The molecule has 2 heterocycles. The number of hydrogen-bond acceptors (Lipinski definition) is 4. The molecule has 0 bridgehead atoms. The number of likely N-dealkylation sites (tertiary alicyclic amines) is 1. The molecular formula is C15H25ClN4O. The summed E-state index contributed by atoms with van der Waals surface area (Å²) in [4.78, 5) is 14.5. The normalized spacial score (nSPS) is 23.2. The Labute approximate surface area is 131 Å². The molecule has 1 saturated heterocycles. The first-order valence-electron chi connectivity index (χ1n) is 7.73. The topological polar surface area (TPSA) is 50.2 Å². The molecule has 1 aliphatic heterocycles. The zero-order valence-corrected chi connectivity index (χ0v) is 13.9. The van der Waals surface area contributed by atoms with E-state index in [1.54, 1.807) is 6.20 Å². The lowest BCUT2D eigenvalue weighted by Gasteiger charge is -2.35. The average Bonchev–Trinajstić information content (AvgIpc) is 2.45. The van der Waals surface area contributed by atoms with E-state index in [1.165, 1.54) is 4.68 Å². The van der Waals surface area contributed by atoms with E-state index >= 15 is 0 Å². The zero-order chi connectivity index (χ0) is 15.4. The van der Waals surface area contributed by atoms with E-state index in [1.807, 2.05) is 0 Å². The summed E-state index contributed by atoms with van der Waals surface area (Å²) < 4.78 is 1.45. The third-order valence-corrected chi connectivity index (χ3v) is 4.52. The maximum Gasteiger partial charge on any atom is 0.287 e. The highest BCUT2D eigenvalue weighted by Crippen LogP contribution is 2.23. The smallest absolute Gasteiger partial charge is 0.287 e. The Hall–Kier alpha value is -1.07. The van der Waals surface area contributed by atoms with Crippen LogP contribution in [-0.2, 0) is 6.54 Å². The molecule has 1 fully saturated rings. The molecule has 0 spiro atoms. The van der Waals surface area contributed by atoms with Crippen molar-refractivity contribution in [2.45, 2.75) is 45.7 Å². The van der Waals surface area contributed by atoms with Crippen LogP contribution < -0.4 is 10.9 Å². The maximum absolute atomic E-state index is 12.2.